The molecule has 178 valence electrons. The zero-order valence-corrected chi connectivity index (χ0v) is 20.0. The summed E-state index contributed by atoms with van der Waals surface area (Å²) in [6.45, 7) is 6.66. The standard InChI is InChI=1S/C22H25N7O4S/c1-21(2,3)32-16(30)13-29-26-17(23-27-29)18-24-25-20(34-18)28-10-8-22(9-11-28)12-14-6-4-5-7-15(14)19(31)33-22/h4-7H,8-13H2,1-3H3. The minimum Gasteiger partial charge on any atom is -0.459 e. The van der Waals surface area contributed by atoms with Gasteiger partial charge in [-0.3, -0.25) is 0 Å². The fourth-order valence-corrected chi connectivity index (χ4v) is 5.03. The first-order valence-electron chi connectivity index (χ1n) is 11.1. The zero-order chi connectivity index (χ0) is 23.9. The summed E-state index contributed by atoms with van der Waals surface area (Å²) in [6, 6.07) is 7.64. The Bertz CT molecular complexity index is 1220. The third kappa shape index (κ3) is 4.63. The van der Waals surface area contributed by atoms with E-state index in [0.717, 1.165) is 17.1 Å². The Balaban J connectivity index is 1.22. The molecule has 0 saturated carbocycles. The van der Waals surface area contributed by atoms with E-state index < -0.39 is 17.2 Å². The number of hydrogen-bond acceptors (Lipinski definition) is 11. The second-order valence-electron chi connectivity index (χ2n) is 9.51. The number of tetrazole rings is 1. The lowest BCUT2D eigenvalue weighted by atomic mass is 9.82. The third-order valence-electron chi connectivity index (χ3n) is 5.75. The Kier molecular flexibility index (Phi) is 5.54. The van der Waals surface area contributed by atoms with Crippen LogP contribution in [0.5, 0.6) is 0 Å². The number of esters is 2. The quantitative estimate of drug-likeness (QED) is 0.510. The molecule has 5 rings (SSSR count). The minimum atomic E-state index is -0.582. The zero-order valence-electron chi connectivity index (χ0n) is 19.2. The van der Waals surface area contributed by atoms with Crippen LogP contribution in [0.2, 0.25) is 0 Å². The van der Waals surface area contributed by atoms with Crippen LogP contribution in [0.25, 0.3) is 10.8 Å². The number of ether oxygens (including phenoxy) is 2. The highest BCUT2D eigenvalue weighted by atomic mass is 32.1. The van der Waals surface area contributed by atoms with Gasteiger partial charge >= 0.3 is 11.9 Å². The van der Waals surface area contributed by atoms with E-state index in [-0.39, 0.29) is 12.5 Å². The van der Waals surface area contributed by atoms with Gasteiger partial charge in [0.25, 0.3) is 0 Å². The van der Waals surface area contributed by atoms with E-state index >= 15 is 0 Å². The Labute approximate surface area is 200 Å². The minimum absolute atomic E-state index is 0.133. The Morgan fingerprint density at radius 2 is 1.94 bits per heavy atom. The molecule has 2 aliphatic rings. The van der Waals surface area contributed by atoms with E-state index in [9.17, 15) is 9.59 Å². The highest BCUT2D eigenvalue weighted by Crippen LogP contribution is 2.38. The molecule has 1 fully saturated rings. The number of fused-ring (bicyclic) bond motifs is 1. The lowest BCUT2D eigenvalue weighted by Crippen LogP contribution is -2.50. The first kappa shape index (κ1) is 22.4. The van der Waals surface area contributed by atoms with Gasteiger partial charge in [-0.15, -0.1) is 20.4 Å². The van der Waals surface area contributed by atoms with Crippen LogP contribution in [0.4, 0.5) is 5.13 Å². The number of hydrogen-bond donors (Lipinski definition) is 0. The normalized spacial score (nSPS) is 17.4. The van der Waals surface area contributed by atoms with Gasteiger partial charge in [-0.05, 0) is 37.6 Å². The largest absolute Gasteiger partial charge is 0.459 e. The molecule has 12 heteroatoms. The van der Waals surface area contributed by atoms with Crippen molar-refractivity contribution in [2.75, 3.05) is 18.0 Å². The maximum absolute atomic E-state index is 12.5. The molecule has 0 radical (unpaired) electrons. The summed E-state index contributed by atoms with van der Waals surface area (Å²) in [6.07, 6.45) is 2.16. The number of carbonyl (C=O) groups excluding carboxylic acids is 2. The van der Waals surface area contributed by atoms with Gasteiger partial charge in [0, 0.05) is 32.4 Å². The first-order valence-corrected chi connectivity index (χ1v) is 11.9. The van der Waals surface area contributed by atoms with Gasteiger partial charge < -0.3 is 14.4 Å². The molecule has 0 bridgehead atoms. The first-order chi connectivity index (χ1) is 16.2. The molecule has 1 spiro atoms. The number of rotatable bonds is 4. The molecule has 0 N–H and O–H groups in total. The number of benzene rings is 1. The van der Waals surface area contributed by atoms with Crippen LogP contribution in [0.1, 0.15) is 49.5 Å². The average molecular weight is 484 g/mol. The molecule has 2 aliphatic heterocycles. The van der Waals surface area contributed by atoms with E-state index in [4.69, 9.17) is 9.47 Å². The van der Waals surface area contributed by atoms with Crippen molar-refractivity contribution < 1.29 is 19.1 Å². The van der Waals surface area contributed by atoms with Crippen molar-refractivity contribution >= 4 is 28.4 Å². The molecule has 0 unspecified atom stereocenters. The van der Waals surface area contributed by atoms with Gasteiger partial charge in [-0.25, -0.2) is 9.59 Å². The van der Waals surface area contributed by atoms with Crippen LogP contribution in [0.3, 0.4) is 0 Å². The van der Waals surface area contributed by atoms with E-state index in [1.165, 1.54) is 16.1 Å². The molecule has 11 nitrogen and oxygen atoms in total. The number of carbonyl (C=O) groups is 2. The molecule has 0 amide bonds. The molecule has 34 heavy (non-hydrogen) atoms. The predicted octanol–water partition coefficient (Wildman–Crippen LogP) is 2.29. The van der Waals surface area contributed by atoms with Gasteiger partial charge in [0.15, 0.2) is 11.6 Å². The molecule has 2 aromatic heterocycles. The summed E-state index contributed by atoms with van der Waals surface area (Å²) in [5.74, 6) is -0.379. The lowest BCUT2D eigenvalue weighted by molar-refractivity contribution is -0.156. The highest BCUT2D eigenvalue weighted by Gasteiger charge is 2.43. The number of aromatic nitrogens is 6. The summed E-state index contributed by atoms with van der Waals surface area (Å²) in [5.41, 5.74) is 0.657. The molecular weight excluding hydrogens is 458 g/mol. The van der Waals surface area contributed by atoms with Gasteiger partial charge in [0.1, 0.15) is 11.2 Å². The summed E-state index contributed by atoms with van der Waals surface area (Å²) < 4.78 is 11.2. The van der Waals surface area contributed by atoms with Gasteiger partial charge in [0.05, 0.1) is 5.56 Å². The maximum Gasteiger partial charge on any atom is 0.338 e. The van der Waals surface area contributed by atoms with Gasteiger partial charge in [-0.2, -0.15) is 4.80 Å². The topological polar surface area (TPSA) is 125 Å². The van der Waals surface area contributed by atoms with Crippen LogP contribution in [0, 0.1) is 0 Å². The highest BCUT2D eigenvalue weighted by molar-refractivity contribution is 7.18. The van der Waals surface area contributed by atoms with Crippen LogP contribution < -0.4 is 4.90 Å². The summed E-state index contributed by atoms with van der Waals surface area (Å²) in [4.78, 5) is 27.8. The van der Waals surface area contributed by atoms with E-state index in [1.807, 2.05) is 24.3 Å². The van der Waals surface area contributed by atoms with Gasteiger partial charge in [0.2, 0.25) is 11.0 Å². The van der Waals surface area contributed by atoms with Crippen molar-refractivity contribution in [3.05, 3.63) is 35.4 Å². The van der Waals surface area contributed by atoms with E-state index in [1.54, 1.807) is 20.8 Å². The number of nitrogens with zero attached hydrogens (tertiary/aromatic N) is 7. The molecule has 0 atom stereocenters. The van der Waals surface area contributed by atoms with Crippen molar-refractivity contribution in [2.45, 2.75) is 57.8 Å². The molecule has 4 heterocycles. The van der Waals surface area contributed by atoms with E-state index in [2.05, 4.69) is 30.5 Å². The van der Waals surface area contributed by atoms with Crippen LogP contribution in [-0.4, -0.2) is 66.6 Å². The third-order valence-corrected chi connectivity index (χ3v) is 6.73. The van der Waals surface area contributed by atoms with Crippen LogP contribution in [-0.2, 0) is 27.2 Å². The number of anilines is 1. The predicted molar refractivity (Wildman–Crippen MR) is 122 cm³/mol. The van der Waals surface area contributed by atoms with Crippen LogP contribution >= 0.6 is 11.3 Å². The van der Waals surface area contributed by atoms with Crippen molar-refractivity contribution in [1.29, 1.82) is 0 Å². The monoisotopic (exact) mass is 483 g/mol. The molecule has 1 aromatic carbocycles. The second kappa shape index (κ2) is 8.42. The second-order valence-corrected chi connectivity index (χ2v) is 10.5. The van der Waals surface area contributed by atoms with E-state index in [0.29, 0.717) is 42.3 Å². The SMILES string of the molecule is CC(C)(C)OC(=O)Cn1nnc(-c2nnc(N3CCC4(CC3)Cc3ccccc3C(=O)O4)s2)n1. The Morgan fingerprint density at radius 3 is 2.71 bits per heavy atom. The molecule has 0 aliphatic carbocycles. The van der Waals surface area contributed by atoms with Crippen LogP contribution in [0.15, 0.2) is 24.3 Å². The molecular formula is C22H25N7O4S. The van der Waals surface area contributed by atoms with Crippen molar-refractivity contribution in [3.63, 3.8) is 0 Å². The Morgan fingerprint density at radius 1 is 1.18 bits per heavy atom. The molecule has 3 aromatic rings. The van der Waals surface area contributed by atoms with Crippen molar-refractivity contribution in [3.8, 4) is 10.8 Å². The average Bonchev–Trinajstić information content (AvgIpc) is 3.43. The lowest BCUT2D eigenvalue weighted by Gasteiger charge is -2.43. The smallest absolute Gasteiger partial charge is 0.338 e. The Hall–Kier alpha value is -3.41. The molecule has 1 saturated heterocycles. The fourth-order valence-electron chi connectivity index (χ4n) is 4.21. The van der Waals surface area contributed by atoms with Crippen molar-refractivity contribution in [1.82, 2.24) is 30.4 Å². The summed E-state index contributed by atoms with van der Waals surface area (Å²) in [5, 5.41) is 21.9. The van der Waals surface area contributed by atoms with Gasteiger partial charge in [-0.1, -0.05) is 29.5 Å². The fraction of sp³-hybridized carbons (Fsp3) is 0.500. The summed E-state index contributed by atoms with van der Waals surface area (Å²) >= 11 is 1.36. The van der Waals surface area contributed by atoms with Crippen molar-refractivity contribution in [2.24, 2.45) is 0 Å². The number of piperidine rings is 1. The summed E-state index contributed by atoms with van der Waals surface area (Å²) in [7, 11) is 0. The maximum atomic E-state index is 12.5.